The Morgan fingerprint density at radius 2 is 2.05 bits per heavy atom. The lowest BCUT2D eigenvalue weighted by Crippen LogP contribution is -2.32. The normalized spacial score (nSPS) is 11.1. The number of hydrogen-bond acceptors (Lipinski definition) is 3. The summed E-state index contributed by atoms with van der Waals surface area (Å²) < 4.78 is 0. The summed E-state index contributed by atoms with van der Waals surface area (Å²) in [6.07, 6.45) is 0. The lowest BCUT2D eigenvalue weighted by Gasteiger charge is -2.16. The van der Waals surface area contributed by atoms with Crippen molar-refractivity contribution in [1.82, 2.24) is 20.4 Å². The van der Waals surface area contributed by atoms with Gasteiger partial charge in [0.15, 0.2) is 0 Å². The molecule has 1 aromatic carbocycles. The second-order valence-corrected chi connectivity index (χ2v) is 5.84. The fraction of sp³-hybridized carbons (Fsp3) is 0.412. The van der Waals surface area contributed by atoms with Crippen LogP contribution in [0.3, 0.4) is 0 Å². The van der Waals surface area contributed by atoms with Gasteiger partial charge < -0.3 is 10.2 Å². The SMILES string of the molecule is CC(C)c1cc(C(=O)NCCN(C)Cc2ccccc2)n[nH]1. The molecule has 0 bridgehead atoms. The minimum Gasteiger partial charge on any atom is -0.349 e. The van der Waals surface area contributed by atoms with Crippen LogP contribution in [0, 0.1) is 0 Å². The second-order valence-electron chi connectivity index (χ2n) is 5.84. The highest BCUT2D eigenvalue weighted by molar-refractivity contribution is 5.92. The molecule has 0 aliphatic heterocycles. The zero-order chi connectivity index (χ0) is 15.9. The maximum atomic E-state index is 12.0. The maximum absolute atomic E-state index is 12.0. The second kappa shape index (κ2) is 7.75. The van der Waals surface area contributed by atoms with E-state index < -0.39 is 0 Å². The Balaban J connectivity index is 1.74. The highest BCUT2D eigenvalue weighted by Gasteiger charge is 2.11. The topological polar surface area (TPSA) is 61.0 Å². The lowest BCUT2D eigenvalue weighted by molar-refractivity contribution is 0.0944. The number of aromatic amines is 1. The monoisotopic (exact) mass is 300 g/mol. The Labute approximate surface area is 131 Å². The van der Waals surface area contributed by atoms with Crippen molar-refractivity contribution in [3.8, 4) is 0 Å². The van der Waals surface area contributed by atoms with Crippen LogP contribution in [0.4, 0.5) is 0 Å². The molecular formula is C17H24N4O. The third-order valence-corrected chi connectivity index (χ3v) is 3.53. The van der Waals surface area contributed by atoms with Crippen LogP contribution >= 0.6 is 0 Å². The highest BCUT2D eigenvalue weighted by Crippen LogP contribution is 2.11. The number of carbonyl (C=O) groups is 1. The van der Waals surface area contributed by atoms with Crippen molar-refractivity contribution >= 4 is 5.91 Å². The molecule has 0 unspecified atom stereocenters. The summed E-state index contributed by atoms with van der Waals surface area (Å²) in [6, 6.07) is 12.1. The summed E-state index contributed by atoms with van der Waals surface area (Å²) in [4.78, 5) is 14.2. The van der Waals surface area contributed by atoms with Crippen LogP contribution in [0.15, 0.2) is 36.4 Å². The fourth-order valence-electron chi connectivity index (χ4n) is 2.17. The zero-order valence-electron chi connectivity index (χ0n) is 13.5. The molecule has 1 heterocycles. The third-order valence-electron chi connectivity index (χ3n) is 3.53. The molecule has 1 amide bonds. The van der Waals surface area contributed by atoms with Gasteiger partial charge in [0, 0.05) is 25.3 Å². The number of hydrogen-bond donors (Lipinski definition) is 2. The molecule has 0 saturated carbocycles. The Bertz CT molecular complexity index is 592. The smallest absolute Gasteiger partial charge is 0.271 e. The van der Waals surface area contributed by atoms with Crippen molar-refractivity contribution < 1.29 is 4.79 Å². The van der Waals surface area contributed by atoms with Crippen molar-refractivity contribution in [3.63, 3.8) is 0 Å². The first kappa shape index (κ1) is 16.2. The standard InChI is InChI=1S/C17H24N4O/c1-13(2)15-11-16(20-19-15)17(22)18-9-10-21(3)12-14-7-5-4-6-8-14/h4-8,11,13H,9-10,12H2,1-3H3,(H,18,22)(H,19,20). The molecule has 5 nitrogen and oxygen atoms in total. The van der Waals surface area contributed by atoms with Crippen LogP contribution < -0.4 is 5.32 Å². The van der Waals surface area contributed by atoms with Crippen LogP contribution in [0.5, 0.6) is 0 Å². The molecule has 0 fully saturated rings. The molecule has 22 heavy (non-hydrogen) atoms. The van der Waals surface area contributed by atoms with Crippen molar-refractivity contribution in [1.29, 1.82) is 0 Å². The van der Waals surface area contributed by atoms with E-state index in [1.807, 2.05) is 31.3 Å². The van der Waals surface area contributed by atoms with E-state index >= 15 is 0 Å². The summed E-state index contributed by atoms with van der Waals surface area (Å²) in [5.41, 5.74) is 2.70. The van der Waals surface area contributed by atoms with Crippen LogP contribution in [0.2, 0.25) is 0 Å². The summed E-state index contributed by atoms with van der Waals surface area (Å²) in [7, 11) is 2.05. The quantitative estimate of drug-likeness (QED) is 0.825. The first-order valence-corrected chi connectivity index (χ1v) is 7.62. The number of amides is 1. The van der Waals surface area contributed by atoms with Crippen molar-refractivity contribution in [3.05, 3.63) is 53.3 Å². The van der Waals surface area contributed by atoms with Crippen molar-refractivity contribution in [2.45, 2.75) is 26.3 Å². The van der Waals surface area contributed by atoms with Gasteiger partial charge in [-0.1, -0.05) is 44.2 Å². The van der Waals surface area contributed by atoms with Gasteiger partial charge in [0.1, 0.15) is 5.69 Å². The van der Waals surface area contributed by atoms with E-state index in [1.165, 1.54) is 5.56 Å². The number of nitrogens with zero attached hydrogens (tertiary/aromatic N) is 2. The minimum absolute atomic E-state index is 0.128. The summed E-state index contributed by atoms with van der Waals surface area (Å²) in [5.74, 6) is 0.210. The Kier molecular flexibility index (Phi) is 5.72. The highest BCUT2D eigenvalue weighted by atomic mass is 16.1. The Hall–Kier alpha value is -2.14. The number of H-pyrrole nitrogens is 1. The van der Waals surface area contributed by atoms with Crippen molar-refractivity contribution in [2.75, 3.05) is 20.1 Å². The minimum atomic E-state index is -0.128. The van der Waals surface area contributed by atoms with E-state index in [4.69, 9.17) is 0 Å². The van der Waals surface area contributed by atoms with Gasteiger partial charge in [-0.05, 0) is 24.6 Å². The largest absolute Gasteiger partial charge is 0.349 e. The van der Waals surface area contributed by atoms with Gasteiger partial charge in [-0.2, -0.15) is 5.10 Å². The predicted octanol–water partition coefficient (Wildman–Crippen LogP) is 2.39. The Morgan fingerprint density at radius 1 is 1.32 bits per heavy atom. The summed E-state index contributed by atoms with van der Waals surface area (Å²) in [6.45, 7) is 6.40. The van der Waals surface area contributed by atoms with Crippen LogP contribution in [0.1, 0.15) is 41.5 Å². The van der Waals surface area contributed by atoms with Gasteiger partial charge in [-0.25, -0.2) is 0 Å². The van der Waals surface area contributed by atoms with Gasteiger partial charge >= 0.3 is 0 Å². The molecule has 0 saturated heterocycles. The molecule has 0 radical (unpaired) electrons. The van der Waals surface area contributed by atoms with E-state index in [2.05, 4.69) is 46.4 Å². The number of carbonyl (C=O) groups excluding carboxylic acids is 1. The molecule has 0 atom stereocenters. The number of rotatable bonds is 7. The Morgan fingerprint density at radius 3 is 2.68 bits per heavy atom. The average molecular weight is 300 g/mol. The van der Waals surface area contributed by atoms with Crippen LogP contribution in [-0.4, -0.2) is 41.1 Å². The summed E-state index contributed by atoms with van der Waals surface area (Å²) >= 11 is 0. The van der Waals surface area contributed by atoms with Gasteiger partial charge in [0.2, 0.25) is 0 Å². The molecule has 118 valence electrons. The number of likely N-dealkylation sites (N-methyl/N-ethyl adjacent to an activating group) is 1. The molecule has 2 aromatic rings. The van der Waals surface area contributed by atoms with Gasteiger partial charge in [0.05, 0.1) is 0 Å². The first-order valence-electron chi connectivity index (χ1n) is 7.62. The van der Waals surface area contributed by atoms with Crippen molar-refractivity contribution in [2.24, 2.45) is 0 Å². The number of aromatic nitrogens is 2. The van der Waals surface area contributed by atoms with Gasteiger partial charge in [-0.15, -0.1) is 0 Å². The van der Waals surface area contributed by atoms with Crippen LogP contribution in [0.25, 0.3) is 0 Å². The summed E-state index contributed by atoms with van der Waals surface area (Å²) in [5, 5.41) is 9.85. The maximum Gasteiger partial charge on any atom is 0.271 e. The molecule has 5 heteroatoms. The average Bonchev–Trinajstić information content (AvgIpc) is 2.98. The number of nitrogens with one attached hydrogen (secondary N) is 2. The molecule has 2 N–H and O–H groups in total. The van der Waals surface area contributed by atoms with Gasteiger partial charge in [0.25, 0.3) is 5.91 Å². The van der Waals surface area contributed by atoms with Crippen LogP contribution in [-0.2, 0) is 6.54 Å². The zero-order valence-corrected chi connectivity index (χ0v) is 13.5. The predicted molar refractivity (Wildman–Crippen MR) is 87.8 cm³/mol. The lowest BCUT2D eigenvalue weighted by atomic mass is 10.1. The number of benzene rings is 1. The van der Waals surface area contributed by atoms with E-state index in [9.17, 15) is 4.79 Å². The fourth-order valence-corrected chi connectivity index (χ4v) is 2.17. The third kappa shape index (κ3) is 4.70. The van der Waals surface area contributed by atoms with E-state index in [-0.39, 0.29) is 5.91 Å². The molecule has 0 spiro atoms. The molecule has 1 aromatic heterocycles. The first-order chi connectivity index (χ1) is 10.6. The molecule has 0 aliphatic carbocycles. The molecule has 0 aliphatic rings. The van der Waals surface area contributed by atoms with Gasteiger partial charge in [-0.3, -0.25) is 9.89 Å². The molecular weight excluding hydrogens is 276 g/mol. The van der Waals surface area contributed by atoms with E-state index in [0.29, 0.717) is 18.2 Å². The van der Waals surface area contributed by atoms with E-state index in [0.717, 1.165) is 18.8 Å². The molecule has 2 rings (SSSR count). The van der Waals surface area contributed by atoms with E-state index in [1.54, 1.807) is 0 Å².